The number of rotatable bonds is 1. The summed E-state index contributed by atoms with van der Waals surface area (Å²) in [5, 5.41) is 2.25. The minimum atomic E-state index is 0.142. The number of aryl methyl sites for hydroxylation is 2. The Labute approximate surface area is 89.7 Å². The molecule has 0 aliphatic rings. The van der Waals surface area contributed by atoms with Crippen LogP contribution in [0, 0.1) is 13.8 Å². The van der Waals surface area contributed by atoms with Crippen LogP contribution in [0.2, 0.25) is 0 Å². The summed E-state index contributed by atoms with van der Waals surface area (Å²) in [6.07, 6.45) is 0. The second kappa shape index (κ2) is 3.50. The number of carbonyl (C=O) groups excluding carboxylic acids is 1. The molecule has 15 heavy (non-hydrogen) atoms. The lowest BCUT2D eigenvalue weighted by atomic mass is 9.94. The highest BCUT2D eigenvalue weighted by atomic mass is 16.1. The molecule has 2 aromatic rings. The van der Waals surface area contributed by atoms with Crippen molar-refractivity contribution in [2.75, 3.05) is 0 Å². The van der Waals surface area contributed by atoms with Crippen molar-refractivity contribution in [2.45, 2.75) is 20.8 Å². The van der Waals surface area contributed by atoms with Gasteiger partial charge in [0.1, 0.15) is 0 Å². The Kier molecular flexibility index (Phi) is 2.31. The summed E-state index contributed by atoms with van der Waals surface area (Å²) < 4.78 is 0. The van der Waals surface area contributed by atoms with Crippen LogP contribution in [0.4, 0.5) is 0 Å². The molecule has 0 atom stereocenters. The van der Waals surface area contributed by atoms with Crippen molar-refractivity contribution in [3.05, 3.63) is 47.0 Å². The zero-order valence-electron chi connectivity index (χ0n) is 9.29. The second-order valence-corrected chi connectivity index (χ2v) is 3.99. The Morgan fingerprint density at radius 1 is 1.00 bits per heavy atom. The van der Waals surface area contributed by atoms with Gasteiger partial charge in [-0.3, -0.25) is 4.79 Å². The van der Waals surface area contributed by atoms with Gasteiger partial charge in [0.05, 0.1) is 0 Å². The van der Waals surface area contributed by atoms with E-state index in [1.165, 1.54) is 10.9 Å². The molecule has 1 heteroatoms. The van der Waals surface area contributed by atoms with Crippen LogP contribution >= 0.6 is 0 Å². The van der Waals surface area contributed by atoms with Gasteiger partial charge in [0.2, 0.25) is 0 Å². The molecule has 0 fully saturated rings. The number of benzene rings is 2. The van der Waals surface area contributed by atoms with E-state index in [4.69, 9.17) is 0 Å². The van der Waals surface area contributed by atoms with Gasteiger partial charge in [-0.2, -0.15) is 0 Å². The first-order valence-electron chi connectivity index (χ1n) is 5.11. The molecule has 0 unspecified atom stereocenters. The quantitative estimate of drug-likeness (QED) is 0.639. The summed E-state index contributed by atoms with van der Waals surface area (Å²) in [5.41, 5.74) is 3.16. The van der Waals surface area contributed by atoms with Gasteiger partial charge in [-0.1, -0.05) is 30.3 Å². The van der Waals surface area contributed by atoms with Crippen molar-refractivity contribution in [1.29, 1.82) is 0 Å². The van der Waals surface area contributed by atoms with E-state index >= 15 is 0 Å². The minimum Gasteiger partial charge on any atom is -0.294 e. The predicted molar refractivity (Wildman–Crippen MR) is 63.4 cm³/mol. The fourth-order valence-corrected chi connectivity index (χ4v) is 2.20. The maximum atomic E-state index is 11.6. The maximum Gasteiger partial charge on any atom is 0.160 e. The van der Waals surface area contributed by atoms with Crippen LogP contribution < -0.4 is 0 Å². The van der Waals surface area contributed by atoms with E-state index in [1.807, 2.05) is 25.1 Å². The van der Waals surface area contributed by atoms with Gasteiger partial charge in [0.25, 0.3) is 0 Å². The third-order valence-corrected chi connectivity index (χ3v) is 2.80. The molecule has 0 radical (unpaired) electrons. The largest absolute Gasteiger partial charge is 0.294 e. The average Bonchev–Trinajstić information content (AvgIpc) is 2.17. The third kappa shape index (κ3) is 1.54. The molecule has 0 N–H and O–H groups in total. The highest BCUT2D eigenvalue weighted by molar-refractivity contribution is 6.09. The lowest BCUT2D eigenvalue weighted by Gasteiger charge is -2.09. The van der Waals surface area contributed by atoms with E-state index in [2.05, 4.69) is 19.1 Å². The smallest absolute Gasteiger partial charge is 0.160 e. The van der Waals surface area contributed by atoms with E-state index in [9.17, 15) is 4.79 Å². The molecule has 0 spiro atoms. The van der Waals surface area contributed by atoms with Crippen molar-refractivity contribution < 1.29 is 4.79 Å². The molecule has 0 saturated heterocycles. The van der Waals surface area contributed by atoms with Gasteiger partial charge in [-0.25, -0.2) is 0 Å². The SMILES string of the molecule is CC(=O)c1c(C)cc(C)c2ccccc12. The summed E-state index contributed by atoms with van der Waals surface area (Å²) >= 11 is 0. The normalized spacial score (nSPS) is 10.6. The van der Waals surface area contributed by atoms with Crippen molar-refractivity contribution in [1.82, 2.24) is 0 Å². The van der Waals surface area contributed by atoms with Crippen LogP contribution in [0.25, 0.3) is 10.8 Å². The Morgan fingerprint density at radius 2 is 1.60 bits per heavy atom. The molecule has 0 heterocycles. The fraction of sp³-hybridized carbons (Fsp3) is 0.214. The number of ketones is 1. The Bertz CT molecular complexity index is 538. The molecular weight excluding hydrogens is 184 g/mol. The number of hydrogen-bond donors (Lipinski definition) is 0. The van der Waals surface area contributed by atoms with Gasteiger partial charge < -0.3 is 0 Å². The number of hydrogen-bond acceptors (Lipinski definition) is 1. The highest BCUT2D eigenvalue weighted by Gasteiger charge is 2.10. The number of Topliss-reactive ketones (excluding diaryl/α,β-unsaturated/α-hetero) is 1. The lowest BCUT2D eigenvalue weighted by molar-refractivity contribution is 0.101. The highest BCUT2D eigenvalue weighted by Crippen LogP contribution is 2.25. The molecule has 2 aromatic carbocycles. The molecule has 0 saturated carbocycles. The van der Waals surface area contributed by atoms with Crippen molar-refractivity contribution in [3.8, 4) is 0 Å². The maximum absolute atomic E-state index is 11.6. The Hall–Kier alpha value is -1.63. The number of carbonyl (C=O) groups is 1. The summed E-state index contributed by atoms with van der Waals surface area (Å²) in [5.74, 6) is 0.142. The summed E-state index contributed by atoms with van der Waals surface area (Å²) in [6.45, 7) is 5.71. The molecule has 0 aromatic heterocycles. The zero-order chi connectivity index (χ0) is 11.0. The van der Waals surface area contributed by atoms with Gasteiger partial charge in [-0.05, 0) is 42.7 Å². The fourth-order valence-electron chi connectivity index (χ4n) is 2.20. The van der Waals surface area contributed by atoms with E-state index in [0.29, 0.717) is 0 Å². The summed E-state index contributed by atoms with van der Waals surface area (Å²) in [6, 6.07) is 10.2. The van der Waals surface area contributed by atoms with E-state index in [-0.39, 0.29) is 5.78 Å². The topological polar surface area (TPSA) is 17.1 Å². The van der Waals surface area contributed by atoms with Crippen LogP contribution in [-0.4, -0.2) is 5.78 Å². The molecule has 0 aliphatic carbocycles. The summed E-state index contributed by atoms with van der Waals surface area (Å²) in [7, 11) is 0. The second-order valence-electron chi connectivity index (χ2n) is 3.99. The van der Waals surface area contributed by atoms with Crippen LogP contribution in [0.15, 0.2) is 30.3 Å². The first kappa shape index (κ1) is 9.91. The van der Waals surface area contributed by atoms with Crippen LogP contribution in [0.3, 0.4) is 0 Å². The molecular formula is C14H14O. The monoisotopic (exact) mass is 198 g/mol. The van der Waals surface area contributed by atoms with Crippen LogP contribution in [0.5, 0.6) is 0 Å². The molecule has 0 amide bonds. The van der Waals surface area contributed by atoms with Crippen molar-refractivity contribution in [3.63, 3.8) is 0 Å². The van der Waals surface area contributed by atoms with E-state index in [0.717, 1.165) is 16.5 Å². The Balaban J connectivity index is 2.96. The standard InChI is InChI=1S/C14H14O/c1-9-8-10(2)14(11(3)15)13-7-5-4-6-12(9)13/h4-8H,1-3H3. The van der Waals surface area contributed by atoms with Crippen LogP contribution in [-0.2, 0) is 0 Å². The zero-order valence-corrected chi connectivity index (χ0v) is 9.29. The van der Waals surface area contributed by atoms with Gasteiger partial charge >= 0.3 is 0 Å². The first-order valence-corrected chi connectivity index (χ1v) is 5.11. The van der Waals surface area contributed by atoms with Gasteiger partial charge in [0.15, 0.2) is 5.78 Å². The molecule has 76 valence electrons. The summed E-state index contributed by atoms with van der Waals surface area (Å²) in [4.78, 5) is 11.6. The molecule has 2 rings (SSSR count). The first-order chi connectivity index (χ1) is 7.11. The van der Waals surface area contributed by atoms with Crippen molar-refractivity contribution >= 4 is 16.6 Å². The predicted octanol–water partition coefficient (Wildman–Crippen LogP) is 3.66. The minimum absolute atomic E-state index is 0.142. The molecule has 0 bridgehead atoms. The third-order valence-electron chi connectivity index (χ3n) is 2.80. The molecule has 1 nitrogen and oxygen atoms in total. The van der Waals surface area contributed by atoms with Gasteiger partial charge in [0, 0.05) is 5.56 Å². The Morgan fingerprint density at radius 3 is 2.20 bits per heavy atom. The van der Waals surface area contributed by atoms with Crippen molar-refractivity contribution in [2.24, 2.45) is 0 Å². The molecule has 0 aliphatic heterocycles. The van der Waals surface area contributed by atoms with Crippen LogP contribution in [0.1, 0.15) is 28.4 Å². The lowest BCUT2D eigenvalue weighted by Crippen LogP contribution is -1.98. The van der Waals surface area contributed by atoms with E-state index < -0.39 is 0 Å². The number of fused-ring (bicyclic) bond motifs is 1. The van der Waals surface area contributed by atoms with Gasteiger partial charge in [-0.15, -0.1) is 0 Å². The van der Waals surface area contributed by atoms with E-state index in [1.54, 1.807) is 6.92 Å². The average molecular weight is 198 g/mol.